The first-order chi connectivity index (χ1) is 26.1. The number of carbonyl (C=O) groups excluding carboxylic acids is 3. The highest BCUT2D eigenvalue weighted by atomic mass is 16.2. The van der Waals surface area contributed by atoms with Gasteiger partial charge in [0.05, 0.1) is 41.0 Å². The van der Waals surface area contributed by atoms with Crippen LogP contribution < -0.4 is 32.3 Å². The van der Waals surface area contributed by atoms with Gasteiger partial charge in [-0.05, 0) is 82.8 Å². The molecule has 54 heavy (non-hydrogen) atoms. The van der Waals surface area contributed by atoms with Crippen molar-refractivity contribution in [2.24, 2.45) is 17.4 Å². The molecule has 0 spiro atoms. The second-order valence-corrected chi connectivity index (χ2v) is 15.2. The van der Waals surface area contributed by atoms with Crippen molar-refractivity contribution in [1.82, 2.24) is 35.2 Å². The monoisotopic (exact) mass is 735 g/mol. The molecule has 2 saturated heterocycles. The molecule has 8 rings (SSSR count). The Bertz CT molecular complexity index is 1930. The summed E-state index contributed by atoms with van der Waals surface area (Å²) in [5, 5.41) is 14.0. The van der Waals surface area contributed by atoms with Gasteiger partial charge in [0.1, 0.15) is 17.2 Å². The number of hydrogen-bond acceptors (Lipinski definition) is 11. The van der Waals surface area contributed by atoms with Gasteiger partial charge in [0, 0.05) is 62.0 Å². The second kappa shape index (κ2) is 16.0. The molecule has 0 radical (unpaired) electrons. The lowest BCUT2D eigenvalue weighted by molar-refractivity contribution is -0.121. The molecule has 7 N–H and O–H groups in total. The molecule has 2 aliphatic carbocycles. The number of rotatable bonds is 12. The van der Waals surface area contributed by atoms with Crippen molar-refractivity contribution in [3.05, 3.63) is 83.0 Å². The fourth-order valence-corrected chi connectivity index (χ4v) is 7.60. The normalized spacial score (nSPS) is 20.5. The smallest absolute Gasteiger partial charge is 0.269 e. The van der Waals surface area contributed by atoms with Crippen LogP contribution in [-0.4, -0.2) is 89.0 Å². The standard InChI is InChI=1S/C35H42N10O3.C5H11N/c1-3-29-33-25(15-39-45(33)23-17-44(18-23)16-21-6-5-13-38-28(21)19-46)24-7-4-8-26(32(24)43(29)2)41-27(31(37)35(48)40-22-11-12-22)14-30(36)42-34(47)20-9-10-20;1-6-4-2-3-5-6/h4-8,13-15,19-20,22-23,29,41H,3,9-12,16-18,36-37H2,1-2H3,(H,40,48)(H,42,47);2-5H2,1H3/b30-14+,31-27+;. The first-order valence-corrected chi connectivity index (χ1v) is 19.2. The summed E-state index contributed by atoms with van der Waals surface area (Å²) < 4.78 is 2.17. The molecule has 0 bridgehead atoms. The van der Waals surface area contributed by atoms with Crippen molar-refractivity contribution in [1.29, 1.82) is 0 Å². The van der Waals surface area contributed by atoms with Gasteiger partial charge in [0.15, 0.2) is 6.29 Å². The zero-order valence-corrected chi connectivity index (χ0v) is 31.6. The summed E-state index contributed by atoms with van der Waals surface area (Å²) in [6.45, 7) is 7.10. The van der Waals surface area contributed by atoms with Crippen LogP contribution >= 0.6 is 0 Å². The van der Waals surface area contributed by atoms with Gasteiger partial charge in [-0.2, -0.15) is 5.10 Å². The molecule has 2 amide bonds. The topological polar surface area (TPSA) is 180 Å². The number of carbonyl (C=O) groups is 3. The highest BCUT2D eigenvalue weighted by Crippen LogP contribution is 2.49. The summed E-state index contributed by atoms with van der Waals surface area (Å²) >= 11 is 0. The molecule has 5 aliphatic rings. The number of amides is 2. The third kappa shape index (κ3) is 8.14. The lowest BCUT2D eigenvalue weighted by atomic mass is 9.91. The van der Waals surface area contributed by atoms with Crippen LogP contribution in [0.5, 0.6) is 0 Å². The summed E-state index contributed by atoms with van der Waals surface area (Å²) in [6, 6.07) is 10.2. The van der Waals surface area contributed by atoms with E-state index in [1.165, 1.54) is 32.0 Å². The first kappa shape index (κ1) is 37.1. The summed E-state index contributed by atoms with van der Waals surface area (Å²) in [5.74, 6) is -0.423. The van der Waals surface area contributed by atoms with Crippen LogP contribution in [0.1, 0.15) is 85.7 Å². The Kier molecular flexibility index (Phi) is 11.0. The van der Waals surface area contributed by atoms with Crippen molar-refractivity contribution < 1.29 is 14.4 Å². The molecule has 1 aromatic carbocycles. The van der Waals surface area contributed by atoms with Gasteiger partial charge in [0.25, 0.3) is 5.91 Å². The molecule has 286 valence electrons. The lowest BCUT2D eigenvalue weighted by Crippen LogP contribution is -2.48. The van der Waals surface area contributed by atoms with E-state index in [2.05, 4.69) is 67.4 Å². The number of pyridine rings is 1. The average Bonchev–Trinajstić information content (AvgIpc) is 4.08. The maximum atomic E-state index is 13.1. The molecule has 4 fully saturated rings. The number of para-hydroxylation sites is 1. The minimum Gasteiger partial charge on any atom is -0.393 e. The number of nitrogens with zero attached hydrogens (tertiary/aromatic N) is 6. The predicted molar refractivity (Wildman–Crippen MR) is 209 cm³/mol. The summed E-state index contributed by atoms with van der Waals surface area (Å²) in [4.78, 5) is 48.1. The summed E-state index contributed by atoms with van der Waals surface area (Å²) in [6.07, 6.45) is 13.1. The minimum absolute atomic E-state index is 0.0109. The zero-order valence-electron chi connectivity index (χ0n) is 31.6. The number of aromatic nitrogens is 3. The SMILES string of the molecule is CCC1c2c(cnn2C2CN(Cc3cccnc3C=O)C2)-c2cccc(NC(/C=C(\N)NC(=O)C3CC3)=C(/N)C(=O)NC3CC3)c2N1C.CN1CCCC1. The largest absolute Gasteiger partial charge is 0.393 e. The first-order valence-electron chi connectivity index (χ1n) is 19.2. The third-order valence-electron chi connectivity index (χ3n) is 11.0. The van der Waals surface area contributed by atoms with Crippen LogP contribution in [-0.2, 0) is 16.1 Å². The Morgan fingerprint density at radius 1 is 1.00 bits per heavy atom. The fraction of sp³-hybridized carbons (Fsp3) is 0.475. The number of allylic oxidation sites excluding steroid dienone is 1. The van der Waals surface area contributed by atoms with Crippen molar-refractivity contribution in [3.63, 3.8) is 0 Å². The van der Waals surface area contributed by atoms with Crippen molar-refractivity contribution >= 4 is 29.5 Å². The number of nitrogens with one attached hydrogen (secondary N) is 3. The van der Waals surface area contributed by atoms with Gasteiger partial charge in [-0.1, -0.05) is 25.1 Å². The van der Waals surface area contributed by atoms with Crippen LogP contribution in [0, 0.1) is 5.92 Å². The second-order valence-electron chi connectivity index (χ2n) is 15.2. The van der Waals surface area contributed by atoms with Crippen LogP contribution in [0.4, 0.5) is 11.4 Å². The van der Waals surface area contributed by atoms with Crippen molar-refractivity contribution in [2.75, 3.05) is 50.5 Å². The number of nitrogens with two attached hydrogens (primary N) is 2. The van der Waals surface area contributed by atoms with Crippen LogP contribution in [0.3, 0.4) is 0 Å². The molecule has 14 heteroatoms. The Morgan fingerprint density at radius 2 is 1.76 bits per heavy atom. The fourth-order valence-electron chi connectivity index (χ4n) is 7.60. The highest BCUT2D eigenvalue weighted by Gasteiger charge is 2.38. The number of anilines is 2. The van der Waals surface area contributed by atoms with E-state index >= 15 is 0 Å². The van der Waals surface area contributed by atoms with E-state index in [0.717, 1.165) is 85.2 Å². The molecule has 3 aliphatic heterocycles. The minimum atomic E-state index is -0.383. The number of fused-ring (bicyclic) bond motifs is 3. The Hall–Kier alpha value is -5.21. The number of hydrogen-bond donors (Lipinski definition) is 5. The third-order valence-corrected chi connectivity index (χ3v) is 11.0. The molecule has 3 aromatic rings. The molecular formula is C40H53N11O3. The van der Waals surface area contributed by atoms with Gasteiger partial charge in [-0.3, -0.25) is 28.9 Å². The van der Waals surface area contributed by atoms with Gasteiger partial charge < -0.3 is 37.2 Å². The van der Waals surface area contributed by atoms with E-state index in [1.54, 1.807) is 6.20 Å². The number of benzene rings is 1. The highest BCUT2D eigenvalue weighted by molar-refractivity contribution is 5.96. The van der Waals surface area contributed by atoms with Crippen LogP contribution in [0.2, 0.25) is 0 Å². The maximum Gasteiger partial charge on any atom is 0.269 e. The molecule has 14 nitrogen and oxygen atoms in total. The van der Waals surface area contributed by atoms with Gasteiger partial charge >= 0.3 is 0 Å². The Balaban J connectivity index is 0.000000684. The maximum absolute atomic E-state index is 13.1. The van der Waals surface area contributed by atoms with Crippen LogP contribution in [0.15, 0.2) is 66.0 Å². The molecule has 1 atom stereocenters. The van der Waals surface area contributed by atoms with E-state index in [-0.39, 0.29) is 47.4 Å². The Labute approximate surface area is 317 Å². The molecule has 1 unspecified atom stereocenters. The van der Waals surface area contributed by atoms with E-state index in [0.29, 0.717) is 17.9 Å². The quantitative estimate of drug-likeness (QED) is 0.104. The van der Waals surface area contributed by atoms with E-state index in [1.807, 2.05) is 30.5 Å². The average molecular weight is 736 g/mol. The van der Waals surface area contributed by atoms with E-state index in [9.17, 15) is 14.4 Å². The van der Waals surface area contributed by atoms with Crippen molar-refractivity contribution in [3.8, 4) is 11.1 Å². The van der Waals surface area contributed by atoms with Gasteiger partial charge in [0.2, 0.25) is 5.91 Å². The van der Waals surface area contributed by atoms with E-state index in [4.69, 9.17) is 16.6 Å². The molecule has 2 saturated carbocycles. The van der Waals surface area contributed by atoms with Crippen LogP contribution in [0.25, 0.3) is 11.1 Å². The summed E-state index contributed by atoms with van der Waals surface area (Å²) in [5.41, 5.74) is 19.3. The lowest BCUT2D eigenvalue weighted by Gasteiger charge is -2.43. The van der Waals surface area contributed by atoms with Crippen molar-refractivity contribution in [2.45, 2.75) is 76.5 Å². The predicted octanol–water partition coefficient (Wildman–Crippen LogP) is 3.61. The van der Waals surface area contributed by atoms with Gasteiger partial charge in [-0.25, -0.2) is 0 Å². The molecule has 5 heterocycles. The Morgan fingerprint density at radius 3 is 2.41 bits per heavy atom. The number of aldehydes is 1. The van der Waals surface area contributed by atoms with Gasteiger partial charge in [-0.15, -0.1) is 0 Å². The molecular weight excluding hydrogens is 683 g/mol. The summed E-state index contributed by atoms with van der Waals surface area (Å²) in [7, 11) is 4.24. The van der Waals surface area contributed by atoms with E-state index < -0.39 is 0 Å². The zero-order chi connectivity index (χ0) is 37.9. The number of likely N-dealkylation sites (tertiary alicyclic amines) is 2. The molecule has 2 aromatic heterocycles.